The zero-order valence-electron chi connectivity index (χ0n) is 17.5. The molecule has 0 atom stereocenters. The summed E-state index contributed by atoms with van der Waals surface area (Å²) in [6, 6.07) is 28.8. The minimum atomic E-state index is -0.434. The van der Waals surface area contributed by atoms with E-state index in [2.05, 4.69) is 45.6 Å². The standard InChI is InChI=1S/C27H19BrN2O3/c28-24-16-18(15-23-26(31)29-30(27(23)32)21-10-2-1-3-11-21)13-14-25(24)33-17-20-9-6-8-19-7-4-5-12-22(19)20/h1-16H,17H2,(H,29,31). The number of nitrogens with one attached hydrogen (secondary N) is 1. The van der Waals surface area contributed by atoms with Crippen molar-refractivity contribution >= 4 is 50.3 Å². The van der Waals surface area contributed by atoms with Crippen molar-refractivity contribution in [3.8, 4) is 5.75 Å². The third-order valence-electron chi connectivity index (χ3n) is 5.44. The van der Waals surface area contributed by atoms with E-state index in [0.29, 0.717) is 23.6 Å². The third-order valence-corrected chi connectivity index (χ3v) is 6.06. The molecule has 1 aliphatic rings. The number of carbonyl (C=O) groups is 2. The fraction of sp³-hybridized carbons (Fsp3) is 0.0370. The molecule has 4 aromatic rings. The molecule has 2 amide bonds. The SMILES string of the molecule is O=C1NN(c2ccccc2)C(=O)C1=Cc1ccc(OCc2cccc3ccccc23)c(Br)c1. The van der Waals surface area contributed by atoms with E-state index >= 15 is 0 Å². The largest absolute Gasteiger partial charge is 0.488 e. The summed E-state index contributed by atoms with van der Waals surface area (Å²) in [6.07, 6.45) is 1.58. The van der Waals surface area contributed by atoms with Gasteiger partial charge in [0.15, 0.2) is 0 Å². The maximum Gasteiger partial charge on any atom is 0.282 e. The van der Waals surface area contributed by atoms with Gasteiger partial charge in [0.1, 0.15) is 17.9 Å². The maximum absolute atomic E-state index is 12.8. The van der Waals surface area contributed by atoms with Crippen LogP contribution in [-0.2, 0) is 16.2 Å². The van der Waals surface area contributed by atoms with E-state index in [9.17, 15) is 9.59 Å². The van der Waals surface area contributed by atoms with Crippen LogP contribution in [0.15, 0.2) is 101 Å². The van der Waals surface area contributed by atoms with Crippen molar-refractivity contribution < 1.29 is 14.3 Å². The second kappa shape index (κ2) is 8.92. The van der Waals surface area contributed by atoms with E-state index in [4.69, 9.17) is 4.74 Å². The molecule has 33 heavy (non-hydrogen) atoms. The highest BCUT2D eigenvalue weighted by Crippen LogP contribution is 2.29. The predicted molar refractivity (Wildman–Crippen MR) is 132 cm³/mol. The maximum atomic E-state index is 12.8. The summed E-state index contributed by atoms with van der Waals surface area (Å²) >= 11 is 3.55. The number of nitrogens with zero attached hydrogens (tertiary/aromatic N) is 1. The molecule has 0 bridgehead atoms. The summed E-state index contributed by atoms with van der Waals surface area (Å²) in [5.74, 6) is -0.145. The van der Waals surface area contributed by atoms with Gasteiger partial charge in [-0.2, -0.15) is 0 Å². The normalized spacial score (nSPS) is 14.7. The van der Waals surface area contributed by atoms with Crippen molar-refractivity contribution in [1.82, 2.24) is 5.43 Å². The number of ether oxygens (including phenoxy) is 1. The van der Waals surface area contributed by atoms with Crippen LogP contribution in [-0.4, -0.2) is 11.8 Å². The predicted octanol–water partition coefficient (Wildman–Crippen LogP) is 5.64. The van der Waals surface area contributed by atoms with Gasteiger partial charge in [-0.25, -0.2) is 5.01 Å². The smallest absolute Gasteiger partial charge is 0.282 e. The molecule has 1 fully saturated rings. The van der Waals surface area contributed by atoms with Gasteiger partial charge in [-0.15, -0.1) is 0 Å². The molecule has 5 nitrogen and oxygen atoms in total. The summed E-state index contributed by atoms with van der Waals surface area (Å²) < 4.78 is 6.79. The van der Waals surface area contributed by atoms with Crippen LogP contribution in [0.2, 0.25) is 0 Å². The summed E-state index contributed by atoms with van der Waals surface area (Å²) in [4.78, 5) is 25.2. The van der Waals surface area contributed by atoms with Crippen molar-refractivity contribution in [3.63, 3.8) is 0 Å². The van der Waals surface area contributed by atoms with Crippen LogP contribution < -0.4 is 15.2 Å². The first-order valence-electron chi connectivity index (χ1n) is 10.4. The molecular weight excluding hydrogens is 480 g/mol. The van der Waals surface area contributed by atoms with Crippen LogP contribution in [0.1, 0.15) is 11.1 Å². The van der Waals surface area contributed by atoms with Gasteiger partial charge >= 0.3 is 0 Å². The van der Waals surface area contributed by atoms with Gasteiger partial charge in [0.05, 0.1) is 10.2 Å². The number of halogens is 1. The average molecular weight is 499 g/mol. The molecule has 0 radical (unpaired) electrons. The monoisotopic (exact) mass is 498 g/mol. The fourth-order valence-electron chi connectivity index (χ4n) is 3.78. The Hall–Kier alpha value is -3.90. The van der Waals surface area contributed by atoms with E-state index < -0.39 is 11.8 Å². The zero-order chi connectivity index (χ0) is 22.8. The van der Waals surface area contributed by atoms with E-state index in [0.717, 1.165) is 15.4 Å². The highest BCUT2D eigenvalue weighted by molar-refractivity contribution is 9.10. The van der Waals surface area contributed by atoms with Gasteiger partial charge in [0, 0.05) is 0 Å². The number of rotatable bonds is 5. The first-order chi connectivity index (χ1) is 16.1. The van der Waals surface area contributed by atoms with Gasteiger partial charge in [-0.05, 0) is 68.2 Å². The van der Waals surface area contributed by atoms with Crippen molar-refractivity contribution in [2.75, 3.05) is 5.01 Å². The van der Waals surface area contributed by atoms with Gasteiger partial charge in [0.25, 0.3) is 11.8 Å². The van der Waals surface area contributed by atoms with Crippen LogP contribution in [0, 0.1) is 0 Å². The van der Waals surface area contributed by atoms with E-state index in [1.807, 2.05) is 54.6 Å². The number of amides is 2. The minimum Gasteiger partial charge on any atom is -0.488 e. The summed E-state index contributed by atoms with van der Waals surface area (Å²) in [7, 11) is 0. The van der Waals surface area contributed by atoms with Crippen LogP contribution in [0.25, 0.3) is 16.8 Å². The molecule has 0 unspecified atom stereocenters. The molecule has 0 spiro atoms. The molecule has 1 N–H and O–H groups in total. The Balaban J connectivity index is 1.34. The van der Waals surface area contributed by atoms with E-state index in [1.165, 1.54) is 10.4 Å². The number of para-hydroxylation sites is 1. The molecule has 4 aromatic carbocycles. The lowest BCUT2D eigenvalue weighted by Gasteiger charge is -2.13. The molecule has 1 aliphatic heterocycles. The molecule has 1 heterocycles. The number of hydrogen-bond acceptors (Lipinski definition) is 3. The number of hydrogen-bond donors (Lipinski definition) is 1. The van der Waals surface area contributed by atoms with Gasteiger partial charge in [-0.1, -0.05) is 66.7 Å². The molecule has 6 heteroatoms. The third kappa shape index (κ3) is 4.25. The Kier molecular flexibility index (Phi) is 5.67. The van der Waals surface area contributed by atoms with Crippen molar-refractivity contribution in [2.24, 2.45) is 0 Å². The highest BCUT2D eigenvalue weighted by Gasteiger charge is 2.34. The second-order valence-electron chi connectivity index (χ2n) is 7.59. The summed E-state index contributed by atoms with van der Waals surface area (Å²) in [5, 5.41) is 3.58. The Morgan fingerprint density at radius 1 is 0.879 bits per heavy atom. The highest BCUT2D eigenvalue weighted by atomic mass is 79.9. The van der Waals surface area contributed by atoms with Gasteiger partial charge in [0.2, 0.25) is 0 Å². The summed E-state index contributed by atoms with van der Waals surface area (Å²) in [6.45, 7) is 0.424. The van der Waals surface area contributed by atoms with Crippen LogP contribution in [0.4, 0.5) is 5.69 Å². The quantitative estimate of drug-likeness (QED) is 0.286. The average Bonchev–Trinajstić information content (AvgIpc) is 3.12. The molecule has 5 rings (SSSR count). The number of hydrazine groups is 1. The van der Waals surface area contributed by atoms with Crippen LogP contribution in [0.5, 0.6) is 5.75 Å². The number of carbonyl (C=O) groups excluding carboxylic acids is 2. The molecule has 162 valence electrons. The van der Waals surface area contributed by atoms with Crippen molar-refractivity contribution in [2.45, 2.75) is 6.61 Å². The lowest BCUT2D eigenvalue weighted by molar-refractivity contribution is -0.117. The second-order valence-corrected chi connectivity index (χ2v) is 8.45. The molecule has 1 saturated heterocycles. The Morgan fingerprint density at radius 2 is 1.64 bits per heavy atom. The lowest BCUT2D eigenvalue weighted by Crippen LogP contribution is -2.35. The minimum absolute atomic E-state index is 0.0789. The number of benzene rings is 4. The van der Waals surface area contributed by atoms with Crippen molar-refractivity contribution in [1.29, 1.82) is 0 Å². The van der Waals surface area contributed by atoms with E-state index in [1.54, 1.807) is 18.2 Å². The summed E-state index contributed by atoms with van der Waals surface area (Å²) in [5.41, 5.74) is 5.11. The molecule has 0 saturated carbocycles. The number of fused-ring (bicyclic) bond motifs is 1. The molecular formula is C27H19BrN2O3. The number of anilines is 1. The van der Waals surface area contributed by atoms with E-state index in [-0.39, 0.29) is 5.57 Å². The topological polar surface area (TPSA) is 58.6 Å². The lowest BCUT2D eigenvalue weighted by atomic mass is 10.1. The Bertz CT molecular complexity index is 1390. The van der Waals surface area contributed by atoms with Crippen LogP contribution in [0.3, 0.4) is 0 Å². The molecule has 0 aliphatic carbocycles. The first kappa shape index (κ1) is 21.0. The first-order valence-corrected chi connectivity index (χ1v) is 11.2. The van der Waals surface area contributed by atoms with Gasteiger partial charge < -0.3 is 4.74 Å². The molecule has 0 aromatic heterocycles. The van der Waals surface area contributed by atoms with Gasteiger partial charge in [-0.3, -0.25) is 15.0 Å². The zero-order valence-corrected chi connectivity index (χ0v) is 19.1. The fourth-order valence-corrected chi connectivity index (χ4v) is 4.29. The Morgan fingerprint density at radius 3 is 2.45 bits per heavy atom. The van der Waals surface area contributed by atoms with Crippen molar-refractivity contribution in [3.05, 3.63) is 112 Å². The van der Waals surface area contributed by atoms with Crippen LogP contribution >= 0.6 is 15.9 Å². The Labute approximate surface area is 199 Å².